The van der Waals surface area contributed by atoms with Gasteiger partial charge in [0.2, 0.25) is 0 Å². The highest BCUT2D eigenvalue weighted by Crippen LogP contribution is 2.09. The molecule has 54 heavy (non-hydrogen) atoms. The Morgan fingerprint density at radius 2 is 0.852 bits per heavy atom. The number of hydrogen-bond acceptors (Lipinski definition) is 5. The van der Waals surface area contributed by atoms with E-state index < -0.39 is 6.10 Å². The summed E-state index contributed by atoms with van der Waals surface area (Å²) in [5.41, 5.74) is 0. The normalized spacial score (nSPS) is 13.3. The van der Waals surface area contributed by atoms with Crippen LogP contribution >= 0.6 is 0 Å². The van der Waals surface area contributed by atoms with Crippen LogP contribution in [0.2, 0.25) is 0 Å². The lowest BCUT2D eigenvalue weighted by atomic mass is 10.1. The van der Waals surface area contributed by atoms with E-state index in [4.69, 9.17) is 14.2 Å². The van der Waals surface area contributed by atoms with Gasteiger partial charge < -0.3 is 14.2 Å². The van der Waals surface area contributed by atoms with Crippen LogP contribution in [0.25, 0.3) is 0 Å². The number of hydrogen-bond donors (Lipinski definition) is 0. The van der Waals surface area contributed by atoms with Crippen LogP contribution in [-0.4, -0.2) is 37.9 Å². The molecule has 304 valence electrons. The highest BCUT2D eigenvalue weighted by Gasteiger charge is 2.17. The molecular weight excluding hydrogens is 669 g/mol. The molecule has 0 aromatic rings. The summed E-state index contributed by atoms with van der Waals surface area (Å²) in [4.78, 5) is 25.1. The third-order valence-corrected chi connectivity index (χ3v) is 8.30. The van der Waals surface area contributed by atoms with E-state index in [-0.39, 0.29) is 25.2 Å². The fourth-order valence-electron chi connectivity index (χ4n) is 5.18. The molecule has 0 amide bonds. The number of carbonyl (C=O) groups is 2. The Hall–Kier alpha value is -3.44. The highest BCUT2D eigenvalue weighted by atomic mass is 16.6. The van der Waals surface area contributed by atoms with Crippen LogP contribution in [-0.2, 0) is 23.8 Å². The van der Waals surface area contributed by atoms with Gasteiger partial charge in [0.1, 0.15) is 6.61 Å². The second-order valence-electron chi connectivity index (χ2n) is 13.5. The van der Waals surface area contributed by atoms with E-state index in [2.05, 4.69) is 130 Å². The molecule has 0 aromatic carbocycles. The Labute approximate surface area is 332 Å². The molecule has 0 aliphatic carbocycles. The molecule has 0 bridgehead atoms. The van der Waals surface area contributed by atoms with Gasteiger partial charge in [-0.3, -0.25) is 9.59 Å². The number of rotatable bonds is 37. The molecule has 0 saturated heterocycles. The number of carbonyl (C=O) groups excluding carboxylic acids is 2. The zero-order valence-corrected chi connectivity index (χ0v) is 34.7. The third-order valence-electron chi connectivity index (χ3n) is 8.30. The first-order chi connectivity index (χ1) is 26.6. The molecule has 0 fully saturated rings. The maximum Gasteiger partial charge on any atom is 0.306 e. The predicted molar refractivity (Wildman–Crippen MR) is 233 cm³/mol. The van der Waals surface area contributed by atoms with Gasteiger partial charge in [-0.15, -0.1) is 0 Å². The summed E-state index contributed by atoms with van der Waals surface area (Å²) in [5.74, 6) is -0.528. The summed E-state index contributed by atoms with van der Waals surface area (Å²) in [6, 6.07) is 0. The van der Waals surface area contributed by atoms with Gasteiger partial charge in [0.05, 0.1) is 6.61 Å². The van der Waals surface area contributed by atoms with E-state index >= 15 is 0 Å². The summed E-state index contributed by atoms with van der Waals surface area (Å²) in [6.45, 7) is 7.42. The van der Waals surface area contributed by atoms with Gasteiger partial charge in [-0.2, -0.15) is 0 Å². The van der Waals surface area contributed by atoms with Crippen molar-refractivity contribution in [1.29, 1.82) is 0 Å². The van der Waals surface area contributed by atoms with Gasteiger partial charge in [0, 0.05) is 19.4 Å². The standard InChI is InChI=1S/C49H78O5/c1-4-7-10-13-16-18-20-22-24-25-27-28-30-32-34-36-39-42-48(50)53-46-47(45-52-44-41-38-15-12-9-6-3)54-49(51)43-40-37-35-33-31-29-26-23-21-19-17-14-11-8-5-2/h7-8,10-11,16-19,22-24,26-28,31-34,47H,4-6,9,12-15,20-21,25,29-30,35-46H2,1-3H3/b10-7-,11-8-,18-16-,19-17-,24-22-,26-23-,28-27-,33-31-,34-32-. The van der Waals surface area contributed by atoms with E-state index in [1.54, 1.807) is 0 Å². The second-order valence-corrected chi connectivity index (χ2v) is 13.5. The lowest BCUT2D eigenvalue weighted by molar-refractivity contribution is -0.162. The van der Waals surface area contributed by atoms with Crippen LogP contribution in [0.5, 0.6) is 0 Å². The van der Waals surface area contributed by atoms with Crippen molar-refractivity contribution in [3.8, 4) is 0 Å². The SMILES string of the molecule is CC/C=C\C/C=C\C/C=C\C/C=C\C/C=C\CCCC(=O)OCC(COCCCCCCCC)OC(=O)CCCC/C=C\C/C=C\C/C=C\C/C=C\CC. The number of esters is 2. The van der Waals surface area contributed by atoms with Gasteiger partial charge >= 0.3 is 11.9 Å². The van der Waals surface area contributed by atoms with Crippen LogP contribution in [0.3, 0.4) is 0 Å². The molecule has 0 spiro atoms. The molecule has 0 N–H and O–H groups in total. The van der Waals surface area contributed by atoms with Crippen molar-refractivity contribution >= 4 is 11.9 Å². The largest absolute Gasteiger partial charge is 0.462 e. The average molecular weight is 747 g/mol. The Morgan fingerprint density at radius 1 is 0.426 bits per heavy atom. The fourth-order valence-corrected chi connectivity index (χ4v) is 5.18. The summed E-state index contributed by atoms with van der Waals surface area (Å²) in [5, 5.41) is 0. The Balaban J connectivity index is 4.34. The Morgan fingerprint density at radius 3 is 1.35 bits per heavy atom. The van der Waals surface area contributed by atoms with Crippen molar-refractivity contribution in [1.82, 2.24) is 0 Å². The minimum Gasteiger partial charge on any atom is -0.462 e. The van der Waals surface area contributed by atoms with Crippen molar-refractivity contribution in [2.45, 2.75) is 168 Å². The van der Waals surface area contributed by atoms with Crippen molar-refractivity contribution in [3.05, 3.63) is 109 Å². The third kappa shape index (κ3) is 41.3. The van der Waals surface area contributed by atoms with Crippen LogP contribution in [0, 0.1) is 0 Å². The minimum absolute atomic E-state index is 0.0324. The number of allylic oxidation sites excluding steroid dienone is 18. The summed E-state index contributed by atoms with van der Waals surface area (Å²) in [7, 11) is 0. The number of unbranched alkanes of at least 4 members (excludes halogenated alkanes) is 8. The molecule has 0 rings (SSSR count). The van der Waals surface area contributed by atoms with E-state index in [0.717, 1.165) is 103 Å². The van der Waals surface area contributed by atoms with Crippen LogP contribution in [0.1, 0.15) is 162 Å². The zero-order chi connectivity index (χ0) is 39.3. The predicted octanol–water partition coefficient (Wildman–Crippen LogP) is 14.1. The first-order valence-electron chi connectivity index (χ1n) is 21.4. The minimum atomic E-state index is -0.582. The molecule has 1 atom stereocenters. The monoisotopic (exact) mass is 747 g/mol. The average Bonchev–Trinajstić information content (AvgIpc) is 3.17. The van der Waals surface area contributed by atoms with Gasteiger partial charge in [-0.05, 0) is 96.3 Å². The first-order valence-corrected chi connectivity index (χ1v) is 21.4. The van der Waals surface area contributed by atoms with Crippen molar-refractivity contribution < 1.29 is 23.8 Å². The maximum absolute atomic E-state index is 12.6. The van der Waals surface area contributed by atoms with Crippen molar-refractivity contribution in [2.75, 3.05) is 19.8 Å². The lowest BCUT2D eigenvalue weighted by Crippen LogP contribution is -2.30. The summed E-state index contributed by atoms with van der Waals surface area (Å²) < 4.78 is 17.1. The molecule has 0 heterocycles. The molecule has 5 heteroatoms. The molecule has 0 aromatic heterocycles. The van der Waals surface area contributed by atoms with Gasteiger partial charge in [0.15, 0.2) is 6.10 Å². The summed E-state index contributed by atoms with van der Waals surface area (Å²) in [6.07, 6.45) is 59.6. The summed E-state index contributed by atoms with van der Waals surface area (Å²) >= 11 is 0. The molecular formula is C49H78O5. The second kappa shape index (κ2) is 44.0. The lowest BCUT2D eigenvalue weighted by Gasteiger charge is -2.18. The van der Waals surface area contributed by atoms with E-state index in [9.17, 15) is 9.59 Å². The van der Waals surface area contributed by atoms with Crippen LogP contribution < -0.4 is 0 Å². The van der Waals surface area contributed by atoms with Crippen molar-refractivity contribution in [2.24, 2.45) is 0 Å². The van der Waals surface area contributed by atoms with Crippen LogP contribution in [0.4, 0.5) is 0 Å². The zero-order valence-electron chi connectivity index (χ0n) is 34.7. The smallest absolute Gasteiger partial charge is 0.306 e. The molecule has 0 radical (unpaired) electrons. The van der Waals surface area contributed by atoms with Crippen molar-refractivity contribution in [3.63, 3.8) is 0 Å². The van der Waals surface area contributed by atoms with E-state index in [1.807, 2.05) is 0 Å². The van der Waals surface area contributed by atoms with E-state index in [1.165, 1.54) is 25.7 Å². The first kappa shape index (κ1) is 50.6. The maximum atomic E-state index is 12.6. The van der Waals surface area contributed by atoms with Gasteiger partial charge in [-0.1, -0.05) is 162 Å². The quantitative estimate of drug-likeness (QED) is 0.0360. The molecule has 0 saturated carbocycles. The highest BCUT2D eigenvalue weighted by molar-refractivity contribution is 5.70. The number of ether oxygens (including phenoxy) is 3. The molecule has 5 nitrogen and oxygen atoms in total. The Kier molecular flexibility index (Phi) is 41.2. The fraction of sp³-hybridized carbons (Fsp3) is 0.592. The molecule has 0 aliphatic rings. The van der Waals surface area contributed by atoms with Gasteiger partial charge in [-0.25, -0.2) is 0 Å². The molecule has 0 aliphatic heterocycles. The van der Waals surface area contributed by atoms with E-state index in [0.29, 0.717) is 19.4 Å². The topological polar surface area (TPSA) is 61.8 Å². The Bertz CT molecular complexity index is 1120. The van der Waals surface area contributed by atoms with Gasteiger partial charge in [0.25, 0.3) is 0 Å². The van der Waals surface area contributed by atoms with Crippen LogP contribution in [0.15, 0.2) is 109 Å². The molecule has 1 unspecified atom stereocenters.